The SMILES string of the molecule is CC[C@H](C)[C@H](NC(C)=O)C(=O)N[C@@H](CCC(=O)O)C(=O)N[C@H](C(=O)N[C@@H](CC(=O)O)C(=O)Nc1ccc2c(C)cc(=O)oc2c1)[C@@H](C)O. The number of carbonyl (C=O) groups excluding carboxylic acids is 5. The minimum Gasteiger partial charge on any atom is -0.481 e. The van der Waals surface area contributed by atoms with E-state index >= 15 is 0 Å². The van der Waals surface area contributed by atoms with Gasteiger partial charge in [0.25, 0.3) is 0 Å². The molecule has 48 heavy (non-hydrogen) atoms. The van der Waals surface area contributed by atoms with Gasteiger partial charge in [-0.05, 0) is 43.9 Å². The van der Waals surface area contributed by atoms with Crippen molar-refractivity contribution in [3.8, 4) is 0 Å². The zero-order valence-electron chi connectivity index (χ0n) is 27.1. The van der Waals surface area contributed by atoms with E-state index in [1.807, 2.05) is 0 Å². The van der Waals surface area contributed by atoms with Crippen molar-refractivity contribution in [2.24, 2.45) is 5.92 Å². The van der Waals surface area contributed by atoms with Crippen LogP contribution >= 0.6 is 0 Å². The number of carboxylic acids is 2. The number of aliphatic hydroxyl groups excluding tert-OH is 1. The van der Waals surface area contributed by atoms with Crippen molar-refractivity contribution in [3.63, 3.8) is 0 Å². The van der Waals surface area contributed by atoms with E-state index in [1.54, 1.807) is 26.8 Å². The van der Waals surface area contributed by atoms with Crippen LogP contribution in [0.15, 0.2) is 33.5 Å². The minimum atomic E-state index is -1.79. The van der Waals surface area contributed by atoms with Crippen molar-refractivity contribution >= 4 is 58.1 Å². The van der Waals surface area contributed by atoms with Crippen LogP contribution in [0, 0.1) is 12.8 Å². The molecule has 1 aromatic carbocycles. The fraction of sp³-hybridized carbons (Fsp3) is 0.484. The van der Waals surface area contributed by atoms with Gasteiger partial charge in [0, 0.05) is 36.6 Å². The van der Waals surface area contributed by atoms with Crippen molar-refractivity contribution in [3.05, 3.63) is 40.2 Å². The number of aliphatic carboxylic acids is 2. The van der Waals surface area contributed by atoms with E-state index in [1.165, 1.54) is 25.1 Å². The standard InChI is InChI=1S/C31H41N5O12/c1-6-14(2)26(32-17(5)38)30(46)34-20(9-10-23(39)40)28(44)36-27(16(4)37)31(47)35-21(13-24(41)42)29(45)33-18-7-8-19-15(3)11-25(43)48-22(19)12-18/h7-8,11-12,14,16,20-21,26-27,37H,6,9-10,13H2,1-5H3,(H,32,38)(H,33,45)(H,34,46)(H,35,47)(H,36,44)(H,39,40)(H,41,42)/t14-,16+,20-,21-,26-,27-/m0/s1. The lowest BCUT2D eigenvalue weighted by molar-refractivity contribution is -0.141. The second-order valence-electron chi connectivity index (χ2n) is 11.4. The van der Waals surface area contributed by atoms with E-state index in [0.29, 0.717) is 17.4 Å². The summed E-state index contributed by atoms with van der Waals surface area (Å²) in [6, 6.07) is -0.450. The summed E-state index contributed by atoms with van der Waals surface area (Å²) in [6.45, 7) is 7.46. The summed E-state index contributed by atoms with van der Waals surface area (Å²) in [5, 5.41) is 41.3. The third-order valence-electron chi connectivity index (χ3n) is 7.43. The normalized spacial score (nSPS) is 14.7. The summed E-state index contributed by atoms with van der Waals surface area (Å²) >= 11 is 0. The molecule has 6 atom stereocenters. The van der Waals surface area contributed by atoms with Gasteiger partial charge in [0.2, 0.25) is 29.5 Å². The van der Waals surface area contributed by atoms with Crippen LogP contribution in [0.4, 0.5) is 5.69 Å². The average molecular weight is 676 g/mol. The Balaban J connectivity index is 2.27. The molecule has 0 spiro atoms. The molecule has 0 radical (unpaired) electrons. The van der Waals surface area contributed by atoms with Crippen LogP contribution in [0.2, 0.25) is 0 Å². The zero-order chi connectivity index (χ0) is 36.3. The Hall–Kier alpha value is -5.32. The summed E-state index contributed by atoms with van der Waals surface area (Å²) in [6.07, 6.45) is -3.05. The maximum Gasteiger partial charge on any atom is 0.336 e. The van der Waals surface area contributed by atoms with E-state index in [0.717, 1.165) is 6.92 Å². The molecule has 8 N–H and O–H groups in total. The highest BCUT2D eigenvalue weighted by atomic mass is 16.4. The van der Waals surface area contributed by atoms with Crippen LogP contribution < -0.4 is 32.2 Å². The van der Waals surface area contributed by atoms with Crippen molar-refractivity contribution in [1.29, 1.82) is 0 Å². The van der Waals surface area contributed by atoms with E-state index in [4.69, 9.17) is 4.42 Å². The van der Waals surface area contributed by atoms with Crippen LogP contribution in [0.1, 0.15) is 58.9 Å². The highest BCUT2D eigenvalue weighted by Crippen LogP contribution is 2.21. The number of fused-ring (bicyclic) bond motifs is 1. The summed E-state index contributed by atoms with van der Waals surface area (Å²) in [4.78, 5) is 99.0. The molecular formula is C31H41N5O12. The molecule has 2 aromatic rings. The molecule has 0 saturated carbocycles. The number of nitrogens with one attached hydrogen (secondary N) is 5. The zero-order valence-corrected chi connectivity index (χ0v) is 27.1. The second kappa shape index (κ2) is 17.6. The lowest BCUT2D eigenvalue weighted by atomic mass is 9.97. The van der Waals surface area contributed by atoms with Gasteiger partial charge < -0.3 is 46.3 Å². The molecule has 0 aliphatic carbocycles. The Morgan fingerprint density at radius 2 is 1.44 bits per heavy atom. The van der Waals surface area contributed by atoms with E-state index < -0.39 is 96.6 Å². The number of hydrogen-bond acceptors (Lipinski definition) is 10. The van der Waals surface area contributed by atoms with Gasteiger partial charge in [-0.15, -0.1) is 0 Å². The third kappa shape index (κ3) is 11.5. The maximum atomic E-state index is 13.3. The summed E-state index contributed by atoms with van der Waals surface area (Å²) in [5.74, 6) is -7.67. The van der Waals surface area contributed by atoms with E-state index in [9.17, 15) is 53.7 Å². The Morgan fingerprint density at radius 3 is 2.00 bits per heavy atom. The second-order valence-corrected chi connectivity index (χ2v) is 11.4. The summed E-state index contributed by atoms with van der Waals surface area (Å²) in [7, 11) is 0. The number of aliphatic hydroxyl groups is 1. The predicted molar refractivity (Wildman–Crippen MR) is 170 cm³/mol. The van der Waals surface area contributed by atoms with Gasteiger partial charge in [-0.1, -0.05) is 20.3 Å². The third-order valence-corrected chi connectivity index (χ3v) is 7.43. The fourth-order valence-electron chi connectivity index (χ4n) is 4.66. The molecule has 1 heterocycles. The first kappa shape index (κ1) is 38.9. The topological polar surface area (TPSA) is 271 Å². The average Bonchev–Trinajstić information content (AvgIpc) is 2.98. The smallest absolute Gasteiger partial charge is 0.336 e. The fourth-order valence-corrected chi connectivity index (χ4v) is 4.66. The van der Waals surface area contributed by atoms with Gasteiger partial charge in [-0.2, -0.15) is 0 Å². The number of aryl methyl sites for hydroxylation is 1. The minimum absolute atomic E-state index is 0.109. The number of amides is 5. The molecule has 0 aliphatic rings. The van der Waals surface area contributed by atoms with Crippen LogP contribution in [0.5, 0.6) is 0 Å². The summed E-state index contributed by atoms with van der Waals surface area (Å²) in [5.41, 5.74) is 0.247. The quantitative estimate of drug-likeness (QED) is 0.101. The molecule has 17 heteroatoms. The first-order valence-corrected chi connectivity index (χ1v) is 15.1. The van der Waals surface area contributed by atoms with Crippen molar-refractivity contribution in [2.45, 2.75) is 90.6 Å². The van der Waals surface area contributed by atoms with Gasteiger partial charge in [0.15, 0.2) is 0 Å². The van der Waals surface area contributed by atoms with Gasteiger partial charge in [-0.25, -0.2) is 4.79 Å². The molecule has 0 fully saturated rings. The van der Waals surface area contributed by atoms with Gasteiger partial charge in [-0.3, -0.25) is 33.6 Å². The highest BCUT2D eigenvalue weighted by Gasteiger charge is 2.35. The largest absolute Gasteiger partial charge is 0.481 e. The predicted octanol–water partition coefficient (Wildman–Crippen LogP) is -0.235. The Labute approximate surface area is 274 Å². The Kier molecular flexibility index (Phi) is 14.2. The lowest BCUT2D eigenvalue weighted by Crippen LogP contribution is -2.61. The number of carboxylic acid groups (broad SMARTS) is 2. The number of hydrogen-bond donors (Lipinski definition) is 8. The molecule has 0 aliphatic heterocycles. The van der Waals surface area contributed by atoms with Crippen LogP contribution in [-0.2, 0) is 33.6 Å². The molecular weight excluding hydrogens is 634 g/mol. The maximum absolute atomic E-state index is 13.3. The Morgan fingerprint density at radius 1 is 0.812 bits per heavy atom. The highest BCUT2D eigenvalue weighted by molar-refractivity contribution is 6.01. The van der Waals surface area contributed by atoms with Crippen molar-refractivity contribution < 1.29 is 53.3 Å². The molecule has 17 nitrogen and oxygen atoms in total. The number of anilines is 1. The molecule has 0 unspecified atom stereocenters. The molecule has 2 rings (SSSR count). The first-order valence-electron chi connectivity index (χ1n) is 15.1. The van der Waals surface area contributed by atoms with Gasteiger partial charge in [0.05, 0.1) is 12.5 Å². The molecule has 5 amide bonds. The monoisotopic (exact) mass is 675 g/mol. The van der Waals surface area contributed by atoms with E-state index in [-0.39, 0.29) is 17.2 Å². The van der Waals surface area contributed by atoms with Crippen LogP contribution in [0.25, 0.3) is 11.0 Å². The van der Waals surface area contributed by atoms with E-state index in [2.05, 4.69) is 26.6 Å². The number of rotatable bonds is 17. The van der Waals surface area contributed by atoms with Crippen LogP contribution in [-0.4, -0.2) is 87.1 Å². The van der Waals surface area contributed by atoms with Crippen molar-refractivity contribution in [1.82, 2.24) is 21.3 Å². The number of benzene rings is 1. The first-order chi connectivity index (χ1) is 22.4. The number of carbonyl (C=O) groups is 7. The Bertz CT molecular complexity index is 1600. The molecule has 0 saturated heterocycles. The van der Waals surface area contributed by atoms with Gasteiger partial charge >= 0.3 is 17.6 Å². The van der Waals surface area contributed by atoms with Crippen LogP contribution in [0.3, 0.4) is 0 Å². The molecule has 0 bridgehead atoms. The lowest BCUT2D eigenvalue weighted by Gasteiger charge is -2.28. The summed E-state index contributed by atoms with van der Waals surface area (Å²) < 4.78 is 5.15. The van der Waals surface area contributed by atoms with Gasteiger partial charge in [0.1, 0.15) is 29.8 Å². The van der Waals surface area contributed by atoms with Crippen molar-refractivity contribution in [2.75, 3.05) is 5.32 Å². The molecule has 262 valence electrons. The molecule has 1 aromatic heterocycles.